The molecular weight excluding hydrogens is 444 g/mol. The molecule has 0 spiro atoms. The van der Waals surface area contributed by atoms with Gasteiger partial charge in [-0.1, -0.05) is 25.5 Å². The average molecular weight is 499 g/mol. The maximum atomic E-state index is 12.4. The van der Waals surface area contributed by atoms with Crippen LogP contribution in [0.25, 0.3) is 0 Å². The highest BCUT2D eigenvalue weighted by atomic mass is 16.5. The Hall–Kier alpha value is -0.870. The van der Waals surface area contributed by atoms with Crippen LogP contribution in [-0.4, -0.2) is 73.4 Å². The largest absolute Gasteiger partial charge is 0.456 e. The smallest absolute Gasteiger partial charge is 0.303 e. The summed E-state index contributed by atoms with van der Waals surface area (Å²) in [5, 5.41) is 0. The van der Waals surface area contributed by atoms with Crippen molar-refractivity contribution in [3.63, 3.8) is 0 Å². The molecule has 2 heterocycles. The van der Waals surface area contributed by atoms with Crippen molar-refractivity contribution in [1.82, 2.24) is 0 Å². The monoisotopic (exact) mass is 498 g/mol. The number of carbonyl (C=O) groups is 1. The van der Waals surface area contributed by atoms with Gasteiger partial charge in [-0.3, -0.25) is 4.79 Å². The summed E-state index contributed by atoms with van der Waals surface area (Å²) in [4.78, 5) is 12.4. The minimum absolute atomic E-state index is 0.0627. The summed E-state index contributed by atoms with van der Waals surface area (Å²) in [7, 11) is 5.04. The van der Waals surface area contributed by atoms with Gasteiger partial charge < -0.3 is 13.7 Å². The molecule has 202 valence electrons. The van der Waals surface area contributed by atoms with E-state index in [0.29, 0.717) is 17.4 Å². The van der Waals surface area contributed by atoms with Crippen molar-refractivity contribution in [2.24, 2.45) is 28.6 Å². The summed E-state index contributed by atoms with van der Waals surface area (Å²) in [5.74, 6) is 2.22. The van der Waals surface area contributed by atoms with E-state index >= 15 is 0 Å². The molecule has 6 rings (SSSR count). The quantitative estimate of drug-likeness (QED) is 0.267. The van der Waals surface area contributed by atoms with E-state index in [1.807, 2.05) is 5.57 Å². The zero-order valence-electron chi connectivity index (χ0n) is 24.1. The molecule has 0 aromatic carbocycles. The maximum Gasteiger partial charge on any atom is 0.303 e. The fourth-order valence-corrected chi connectivity index (χ4v) is 11.1. The second-order valence-electron chi connectivity index (χ2n) is 15.2. The molecule has 0 amide bonds. The Morgan fingerprint density at radius 3 is 2.28 bits per heavy atom. The predicted octanol–water partition coefficient (Wildman–Crippen LogP) is 6.10. The number of ether oxygens (including phenoxy) is 1. The topological polar surface area (TPSA) is 26.3 Å². The number of hydrogen-bond donors (Lipinski definition) is 0. The van der Waals surface area contributed by atoms with Gasteiger partial charge >= 0.3 is 5.97 Å². The van der Waals surface area contributed by atoms with Crippen molar-refractivity contribution in [2.75, 3.05) is 40.3 Å². The number of fused-ring (bicyclic) bond motifs is 5. The van der Waals surface area contributed by atoms with Gasteiger partial charge in [-0.05, 0) is 68.1 Å². The highest BCUT2D eigenvalue weighted by molar-refractivity contribution is 5.66. The first kappa shape index (κ1) is 25.4. The number of quaternary nitrogens is 2. The lowest BCUT2D eigenvalue weighted by Crippen LogP contribution is -2.60. The van der Waals surface area contributed by atoms with Crippen LogP contribution < -0.4 is 0 Å². The molecule has 36 heavy (non-hydrogen) atoms. The van der Waals surface area contributed by atoms with Crippen LogP contribution in [0, 0.1) is 28.6 Å². The Labute approximate surface area is 221 Å². The van der Waals surface area contributed by atoms with Crippen LogP contribution in [0.3, 0.4) is 0 Å². The van der Waals surface area contributed by atoms with Gasteiger partial charge in [0.25, 0.3) is 0 Å². The standard InChI is InChI=1S/C32H54N2O2/c1-23(35)36-30-29(34(5)19-7-6-8-20-34)22-28-26-12-11-24-21-25(33(4)17-9-10-18-33)13-15-31(24,2)27(26)14-16-32(28,30)3/h11,25-30H,6-10,12-22H2,1-5H3/q+2/t25-,26+,27-,28-,29-,30-,31-,32-/m0/s1. The normalized spacial score (nSPS) is 47.3. The number of esters is 1. The molecule has 0 radical (unpaired) electrons. The summed E-state index contributed by atoms with van der Waals surface area (Å²) in [5.41, 5.74) is 2.37. The van der Waals surface area contributed by atoms with Crippen LogP contribution in [-0.2, 0) is 9.53 Å². The predicted molar refractivity (Wildman–Crippen MR) is 145 cm³/mol. The van der Waals surface area contributed by atoms with E-state index in [4.69, 9.17) is 4.74 Å². The molecule has 3 saturated carbocycles. The lowest BCUT2D eigenvalue weighted by Gasteiger charge is -2.58. The molecule has 2 saturated heterocycles. The molecule has 4 nitrogen and oxygen atoms in total. The molecule has 6 aliphatic rings. The number of allylic oxidation sites excluding steroid dienone is 1. The molecule has 0 N–H and O–H groups in total. The molecule has 2 aliphatic heterocycles. The van der Waals surface area contributed by atoms with Crippen LogP contribution in [0.15, 0.2) is 11.6 Å². The third-order valence-corrected chi connectivity index (χ3v) is 13.4. The van der Waals surface area contributed by atoms with Gasteiger partial charge in [0.2, 0.25) is 0 Å². The van der Waals surface area contributed by atoms with Crippen LogP contribution >= 0.6 is 0 Å². The van der Waals surface area contributed by atoms with Crippen LogP contribution in [0.1, 0.15) is 97.8 Å². The summed E-state index contributed by atoms with van der Waals surface area (Å²) in [6.07, 6.45) is 19.0. The SMILES string of the molecule is CC(=O)O[C@H]1[C@@H]([N+]2(C)CCCCC2)C[C@H]2[C@@H]3CC=C4C[C@@H]([N+]5(C)CCCC5)CC[C@]4(C)[C@H]3CC[C@@]21C. The van der Waals surface area contributed by atoms with Gasteiger partial charge in [-0.25, -0.2) is 0 Å². The van der Waals surface area contributed by atoms with E-state index in [-0.39, 0.29) is 17.5 Å². The van der Waals surface area contributed by atoms with E-state index in [2.05, 4.69) is 34.0 Å². The van der Waals surface area contributed by atoms with Crippen molar-refractivity contribution in [2.45, 2.75) is 116 Å². The minimum Gasteiger partial charge on any atom is -0.456 e. The average Bonchev–Trinajstić information content (AvgIpc) is 3.41. The third kappa shape index (κ3) is 3.78. The molecule has 8 atom stereocenters. The zero-order valence-corrected chi connectivity index (χ0v) is 24.1. The van der Waals surface area contributed by atoms with Crippen molar-refractivity contribution >= 4 is 5.97 Å². The van der Waals surface area contributed by atoms with Crippen molar-refractivity contribution < 1.29 is 18.5 Å². The van der Waals surface area contributed by atoms with Gasteiger partial charge in [-0.2, -0.15) is 0 Å². The number of likely N-dealkylation sites (tertiary alicyclic amines) is 2. The Bertz CT molecular complexity index is 900. The molecule has 0 aromatic rings. The first-order chi connectivity index (χ1) is 17.1. The fourth-order valence-electron chi connectivity index (χ4n) is 11.1. The Morgan fingerprint density at radius 1 is 0.917 bits per heavy atom. The van der Waals surface area contributed by atoms with Crippen LogP contribution in [0.2, 0.25) is 0 Å². The van der Waals surface area contributed by atoms with Gasteiger partial charge in [0.15, 0.2) is 6.10 Å². The fraction of sp³-hybridized carbons (Fsp3) is 0.906. The summed E-state index contributed by atoms with van der Waals surface area (Å²) < 4.78 is 8.81. The molecule has 0 aromatic heterocycles. The number of piperidine rings is 1. The number of rotatable bonds is 3. The molecular formula is C32H54N2O2+2. The van der Waals surface area contributed by atoms with Crippen molar-refractivity contribution in [1.29, 1.82) is 0 Å². The maximum absolute atomic E-state index is 12.4. The first-order valence-electron chi connectivity index (χ1n) is 15.6. The minimum atomic E-state index is -0.0627. The summed E-state index contributed by atoms with van der Waals surface area (Å²) in [6, 6.07) is 1.33. The highest BCUT2D eigenvalue weighted by Crippen LogP contribution is 2.66. The molecule has 0 bridgehead atoms. The zero-order chi connectivity index (χ0) is 25.3. The number of carbonyl (C=O) groups excluding carboxylic acids is 1. The Kier molecular flexibility index (Phi) is 6.23. The Balaban J connectivity index is 1.29. The molecule has 4 heteroatoms. The van der Waals surface area contributed by atoms with E-state index in [1.54, 1.807) is 6.92 Å². The van der Waals surface area contributed by atoms with Gasteiger partial charge in [-0.15, -0.1) is 0 Å². The van der Waals surface area contributed by atoms with Crippen molar-refractivity contribution in [3.8, 4) is 0 Å². The number of hydrogen-bond acceptors (Lipinski definition) is 2. The van der Waals surface area contributed by atoms with E-state index in [9.17, 15) is 4.79 Å². The Morgan fingerprint density at radius 2 is 1.58 bits per heavy atom. The highest BCUT2D eigenvalue weighted by Gasteiger charge is 2.66. The first-order valence-corrected chi connectivity index (χ1v) is 15.6. The lowest BCUT2D eigenvalue weighted by atomic mass is 9.47. The molecule has 0 unspecified atom stereocenters. The summed E-state index contributed by atoms with van der Waals surface area (Å²) in [6.45, 7) is 12.2. The second-order valence-corrected chi connectivity index (χ2v) is 15.2. The van der Waals surface area contributed by atoms with Crippen molar-refractivity contribution in [3.05, 3.63) is 11.6 Å². The van der Waals surface area contributed by atoms with Crippen LogP contribution in [0.5, 0.6) is 0 Å². The lowest BCUT2D eigenvalue weighted by molar-refractivity contribution is -0.940. The second kappa shape index (κ2) is 8.83. The van der Waals surface area contributed by atoms with Gasteiger partial charge in [0.1, 0.15) is 6.04 Å². The molecule has 5 fully saturated rings. The van der Waals surface area contributed by atoms with E-state index in [0.717, 1.165) is 22.4 Å². The summed E-state index contributed by atoms with van der Waals surface area (Å²) >= 11 is 0. The van der Waals surface area contributed by atoms with Crippen LogP contribution in [0.4, 0.5) is 0 Å². The van der Waals surface area contributed by atoms with Gasteiger partial charge in [0, 0.05) is 44.4 Å². The van der Waals surface area contributed by atoms with E-state index in [1.165, 1.54) is 108 Å². The van der Waals surface area contributed by atoms with E-state index < -0.39 is 0 Å². The van der Waals surface area contributed by atoms with Gasteiger partial charge in [0.05, 0.1) is 46.3 Å². The third-order valence-electron chi connectivity index (χ3n) is 13.4. The number of nitrogens with zero attached hydrogens (tertiary/aromatic N) is 2. The number of likely N-dealkylation sites (N-methyl/N-ethyl adjacent to an activating group) is 1. The molecule has 4 aliphatic carbocycles.